The van der Waals surface area contributed by atoms with Gasteiger partial charge >= 0.3 is 18.3 Å². The molecule has 0 amide bonds. The van der Waals surface area contributed by atoms with Crippen LogP contribution in [-0.2, 0) is 12.4 Å². The van der Waals surface area contributed by atoms with Crippen LogP contribution in [0.2, 0.25) is 0 Å². The van der Waals surface area contributed by atoms with Crippen molar-refractivity contribution in [2.24, 2.45) is 0 Å². The van der Waals surface area contributed by atoms with Gasteiger partial charge in [0.05, 0.1) is 16.7 Å². The van der Waals surface area contributed by atoms with Crippen LogP contribution < -0.4 is 4.74 Å². The van der Waals surface area contributed by atoms with Crippen LogP contribution in [0.25, 0.3) is 10.8 Å². The van der Waals surface area contributed by atoms with E-state index < -0.39 is 35.0 Å². The molecule has 4 rings (SSSR count). The number of hydrogen-bond acceptors (Lipinski definition) is 2. The summed E-state index contributed by atoms with van der Waals surface area (Å²) in [6.45, 7) is 4.12. The highest BCUT2D eigenvalue weighted by Crippen LogP contribution is 2.48. The Kier molecular flexibility index (Phi) is 4.79. The maximum absolute atomic E-state index is 13.1. The third-order valence-electron chi connectivity index (χ3n) is 5.82. The topological polar surface area (TPSA) is 26.3 Å². The smallest absolute Gasteiger partial charge is 0.416 e. The highest BCUT2D eigenvalue weighted by atomic mass is 19.4. The fourth-order valence-electron chi connectivity index (χ4n) is 4.05. The average molecular weight is 438 g/mol. The summed E-state index contributed by atoms with van der Waals surface area (Å²) in [6, 6.07) is 9.43. The number of esters is 1. The van der Waals surface area contributed by atoms with E-state index in [2.05, 4.69) is 13.8 Å². The number of hydrogen-bond donors (Lipinski definition) is 0. The molecule has 3 aromatic carbocycles. The minimum absolute atomic E-state index is 0.0292. The van der Waals surface area contributed by atoms with E-state index in [-0.39, 0.29) is 23.7 Å². The van der Waals surface area contributed by atoms with Gasteiger partial charge in [0.2, 0.25) is 0 Å². The number of carbonyl (C=O) groups is 1. The quantitative estimate of drug-likeness (QED) is 0.238. The summed E-state index contributed by atoms with van der Waals surface area (Å²) >= 11 is 0. The van der Waals surface area contributed by atoms with E-state index >= 15 is 0 Å². The van der Waals surface area contributed by atoms with Crippen molar-refractivity contribution in [3.05, 3.63) is 76.3 Å². The molecule has 2 atom stereocenters. The minimum atomic E-state index is -5.05. The van der Waals surface area contributed by atoms with Crippen molar-refractivity contribution in [1.29, 1.82) is 0 Å². The van der Waals surface area contributed by atoms with Crippen LogP contribution in [0.15, 0.2) is 48.5 Å². The fourth-order valence-corrected chi connectivity index (χ4v) is 4.05. The van der Waals surface area contributed by atoms with Crippen LogP contribution >= 0.6 is 0 Å². The van der Waals surface area contributed by atoms with Crippen LogP contribution in [0, 0.1) is 0 Å². The van der Waals surface area contributed by atoms with Gasteiger partial charge in [-0.1, -0.05) is 38.1 Å². The minimum Gasteiger partial charge on any atom is -0.422 e. The third-order valence-corrected chi connectivity index (χ3v) is 5.82. The van der Waals surface area contributed by atoms with Crippen LogP contribution in [0.1, 0.15) is 58.3 Å². The van der Waals surface area contributed by atoms with Gasteiger partial charge in [-0.15, -0.1) is 0 Å². The van der Waals surface area contributed by atoms with E-state index in [9.17, 15) is 31.1 Å². The molecule has 0 aliphatic heterocycles. The van der Waals surface area contributed by atoms with Crippen molar-refractivity contribution < 1.29 is 35.9 Å². The zero-order valence-electron chi connectivity index (χ0n) is 16.4. The Hall–Kier alpha value is -3.03. The maximum Gasteiger partial charge on any atom is 0.416 e. The van der Waals surface area contributed by atoms with Crippen LogP contribution in [-0.4, -0.2) is 5.97 Å². The van der Waals surface area contributed by atoms with Crippen molar-refractivity contribution in [2.45, 2.75) is 38.0 Å². The number of ether oxygens (including phenoxy) is 1. The highest BCUT2D eigenvalue weighted by molar-refractivity contribution is 5.99. The second-order valence-electron chi connectivity index (χ2n) is 7.68. The van der Waals surface area contributed by atoms with E-state index in [4.69, 9.17) is 4.74 Å². The number of alkyl halides is 6. The molecule has 0 saturated heterocycles. The first-order valence-electron chi connectivity index (χ1n) is 9.45. The molecule has 0 saturated carbocycles. The number of carbonyl (C=O) groups excluding carboxylic acids is 1. The number of halogens is 6. The van der Waals surface area contributed by atoms with E-state index in [0.717, 1.165) is 16.5 Å². The molecule has 31 heavy (non-hydrogen) atoms. The molecule has 2 unspecified atom stereocenters. The Labute approximate surface area is 173 Å². The summed E-state index contributed by atoms with van der Waals surface area (Å²) in [6.07, 6.45) is -10.1. The van der Waals surface area contributed by atoms with Crippen molar-refractivity contribution >= 4 is 16.7 Å². The van der Waals surface area contributed by atoms with Gasteiger partial charge in [0, 0.05) is 5.39 Å². The summed E-state index contributed by atoms with van der Waals surface area (Å²) in [5.74, 6) is -0.765. The molecular weight excluding hydrogens is 422 g/mol. The molecule has 162 valence electrons. The van der Waals surface area contributed by atoms with E-state index in [1.54, 1.807) is 18.2 Å². The maximum atomic E-state index is 13.1. The standard InChI is InChI=1S/C23H16F6O2/c1-11-12(2)17-6-7-19(18-5-3-4-16(11)20(17)18)31-21(30)13-8-14(22(24,25)26)10-15(9-13)23(27,28)29/h3-12H,1-2H3. The molecule has 2 nitrogen and oxygen atoms in total. The van der Waals surface area contributed by atoms with Crippen molar-refractivity contribution in [2.75, 3.05) is 0 Å². The Balaban J connectivity index is 1.77. The molecule has 0 radical (unpaired) electrons. The highest BCUT2D eigenvalue weighted by Gasteiger charge is 2.38. The summed E-state index contributed by atoms with van der Waals surface area (Å²) in [4.78, 5) is 12.6. The Morgan fingerprint density at radius 3 is 1.90 bits per heavy atom. The second-order valence-corrected chi connectivity index (χ2v) is 7.68. The van der Waals surface area contributed by atoms with Gasteiger partial charge in [-0.3, -0.25) is 0 Å². The van der Waals surface area contributed by atoms with Gasteiger partial charge in [-0.2, -0.15) is 26.3 Å². The molecule has 1 aliphatic rings. The lowest BCUT2D eigenvalue weighted by Crippen LogP contribution is -2.16. The van der Waals surface area contributed by atoms with Crippen LogP contribution in [0.3, 0.4) is 0 Å². The van der Waals surface area contributed by atoms with Crippen molar-refractivity contribution in [1.82, 2.24) is 0 Å². The molecule has 0 aromatic heterocycles. The zero-order valence-corrected chi connectivity index (χ0v) is 16.4. The lowest BCUT2D eigenvalue weighted by atomic mass is 9.94. The first-order chi connectivity index (χ1) is 14.4. The van der Waals surface area contributed by atoms with Gasteiger partial charge < -0.3 is 4.74 Å². The lowest BCUT2D eigenvalue weighted by molar-refractivity contribution is -0.143. The lowest BCUT2D eigenvalue weighted by Gasteiger charge is -2.14. The third kappa shape index (κ3) is 3.64. The molecule has 0 heterocycles. The second kappa shape index (κ2) is 7.00. The Bertz CT molecular complexity index is 1150. The summed E-state index contributed by atoms with van der Waals surface area (Å²) in [7, 11) is 0. The SMILES string of the molecule is CC1c2cccc3c(OC(=O)c4cc(C(F)(F)F)cc(C(F)(F)F)c4)ccc(c23)C1C. The monoisotopic (exact) mass is 438 g/mol. The van der Waals surface area contributed by atoms with E-state index in [1.807, 2.05) is 6.07 Å². The van der Waals surface area contributed by atoms with Gasteiger partial charge in [-0.25, -0.2) is 4.79 Å². The summed E-state index contributed by atoms with van der Waals surface area (Å²) < 4.78 is 83.8. The summed E-state index contributed by atoms with van der Waals surface area (Å²) in [5, 5.41) is 1.48. The van der Waals surface area contributed by atoms with Gasteiger partial charge in [-0.05, 0) is 52.6 Å². The Morgan fingerprint density at radius 2 is 1.35 bits per heavy atom. The first-order valence-corrected chi connectivity index (χ1v) is 9.45. The predicted molar refractivity (Wildman–Crippen MR) is 102 cm³/mol. The molecule has 0 bridgehead atoms. The number of benzene rings is 3. The van der Waals surface area contributed by atoms with Crippen LogP contribution in [0.4, 0.5) is 26.3 Å². The van der Waals surface area contributed by atoms with E-state index in [1.165, 1.54) is 6.07 Å². The Morgan fingerprint density at radius 1 is 0.806 bits per heavy atom. The van der Waals surface area contributed by atoms with Gasteiger partial charge in [0.25, 0.3) is 0 Å². The first kappa shape index (κ1) is 21.2. The fraction of sp³-hybridized carbons (Fsp3) is 0.261. The van der Waals surface area contributed by atoms with Gasteiger partial charge in [0.1, 0.15) is 5.75 Å². The molecular formula is C23H16F6O2. The molecule has 0 fully saturated rings. The molecule has 0 N–H and O–H groups in total. The predicted octanol–water partition coefficient (Wildman–Crippen LogP) is 7.32. The molecule has 0 spiro atoms. The molecule has 8 heteroatoms. The van der Waals surface area contributed by atoms with E-state index in [0.29, 0.717) is 17.5 Å². The summed E-state index contributed by atoms with van der Waals surface area (Å²) in [5.41, 5.74) is -1.87. The van der Waals surface area contributed by atoms with Crippen molar-refractivity contribution in [3.63, 3.8) is 0 Å². The normalized spacial score (nSPS) is 18.5. The van der Waals surface area contributed by atoms with Crippen molar-refractivity contribution in [3.8, 4) is 5.75 Å². The molecule has 3 aromatic rings. The number of rotatable bonds is 2. The average Bonchev–Trinajstić information content (AvgIpc) is 2.94. The van der Waals surface area contributed by atoms with Crippen LogP contribution in [0.5, 0.6) is 5.75 Å². The largest absolute Gasteiger partial charge is 0.422 e. The zero-order chi connectivity index (χ0) is 22.7. The van der Waals surface area contributed by atoms with Gasteiger partial charge in [0.15, 0.2) is 0 Å². The molecule has 1 aliphatic carbocycles.